The van der Waals surface area contributed by atoms with Crippen molar-refractivity contribution in [3.8, 4) is 0 Å². The molecular formula is C30H52FN5O2. The highest BCUT2D eigenvalue weighted by atomic mass is 19.1. The third kappa shape index (κ3) is 11.8. The van der Waals surface area contributed by atoms with Crippen molar-refractivity contribution in [1.29, 1.82) is 0 Å². The van der Waals surface area contributed by atoms with E-state index in [0.29, 0.717) is 32.4 Å². The van der Waals surface area contributed by atoms with Gasteiger partial charge in [-0.05, 0) is 82.2 Å². The van der Waals surface area contributed by atoms with E-state index in [-0.39, 0.29) is 36.3 Å². The lowest BCUT2D eigenvalue weighted by molar-refractivity contribution is -0.129. The summed E-state index contributed by atoms with van der Waals surface area (Å²) in [5.41, 5.74) is 1.79. The second-order valence-corrected chi connectivity index (χ2v) is 10.7. The largest absolute Gasteiger partial charge is 0.354 e. The Morgan fingerprint density at radius 1 is 1.03 bits per heavy atom. The molecule has 1 aliphatic rings. The van der Waals surface area contributed by atoms with Crippen LogP contribution < -0.4 is 21.3 Å². The lowest BCUT2D eigenvalue weighted by atomic mass is 9.97. The van der Waals surface area contributed by atoms with E-state index < -0.39 is 6.04 Å². The van der Waals surface area contributed by atoms with E-state index in [1.165, 1.54) is 6.07 Å². The van der Waals surface area contributed by atoms with E-state index in [9.17, 15) is 14.0 Å². The van der Waals surface area contributed by atoms with Crippen LogP contribution in [0.5, 0.6) is 0 Å². The number of halogens is 1. The molecule has 3 atom stereocenters. The van der Waals surface area contributed by atoms with Crippen LogP contribution in [0.25, 0.3) is 0 Å². The van der Waals surface area contributed by atoms with Crippen molar-refractivity contribution in [2.24, 2.45) is 0 Å². The molecule has 1 aromatic carbocycles. The molecule has 1 heterocycles. The highest BCUT2D eigenvalue weighted by Crippen LogP contribution is 2.18. The van der Waals surface area contributed by atoms with Crippen molar-refractivity contribution in [2.45, 2.75) is 104 Å². The van der Waals surface area contributed by atoms with Crippen LogP contribution in [0.15, 0.2) is 18.2 Å². The van der Waals surface area contributed by atoms with Gasteiger partial charge in [0, 0.05) is 31.7 Å². The number of unbranched alkanes of at least 4 members (excludes halogenated alkanes) is 2. The number of carbonyl (C=O) groups is 2. The van der Waals surface area contributed by atoms with E-state index in [1.807, 2.05) is 6.07 Å². The van der Waals surface area contributed by atoms with Crippen molar-refractivity contribution in [3.05, 3.63) is 35.1 Å². The van der Waals surface area contributed by atoms with E-state index in [1.54, 1.807) is 6.07 Å². The lowest BCUT2D eigenvalue weighted by Gasteiger charge is -2.28. The molecular weight excluding hydrogens is 481 g/mol. The molecule has 38 heavy (non-hydrogen) atoms. The van der Waals surface area contributed by atoms with Crippen LogP contribution in [0, 0.1) is 5.82 Å². The molecule has 0 saturated heterocycles. The van der Waals surface area contributed by atoms with Crippen LogP contribution >= 0.6 is 0 Å². The second-order valence-electron chi connectivity index (χ2n) is 10.7. The van der Waals surface area contributed by atoms with Gasteiger partial charge in [0.05, 0.1) is 6.54 Å². The smallest absolute Gasteiger partial charge is 0.243 e. The van der Waals surface area contributed by atoms with Crippen molar-refractivity contribution >= 4 is 11.8 Å². The number of hydrogen-bond donors (Lipinski definition) is 4. The Kier molecular flexibility index (Phi) is 15.5. The van der Waals surface area contributed by atoms with E-state index in [4.69, 9.17) is 0 Å². The minimum Gasteiger partial charge on any atom is -0.354 e. The third-order valence-electron chi connectivity index (χ3n) is 7.43. The van der Waals surface area contributed by atoms with Crippen LogP contribution in [-0.2, 0) is 22.4 Å². The Hall–Kier alpha value is -2.03. The van der Waals surface area contributed by atoms with Crippen molar-refractivity contribution < 1.29 is 14.0 Å². The first-order valence-electron chi connectivity index (χ1n) is 14.9. The van der Waals surface area contributed by atoms with Gasteiger partial charge >= 0.3 is 0 Å². The van der Waals surface area contributed by atoms with Gasteiger partial charge in [0.15, 0.2) is 0 Å². The maximum absolute atomic E-state index is 14.7. The number of benzene rings is 1. The van der Waals surface area contributed by atoms with Crippen molar-refractivity contribution in [1.82, 2.24) is 26.2 Å². The molecule has 0 bridgehead atoms. The average molecular weight is 534 g/mol. The highest BCUT2D eigenvalue weighted by molar-refractivity contribution is 5.88. The molecule has 0 aliphatic carbocycles. The summed E-state index contributed by atoms with van der Waals surface area (Å²) in [6, 6.07) is 5.05. The Labute approximate surface area is 230 Å². The summed E-state index contributed by atoms with van der Waals surface area (Å²) in [7, 11) is 0. The molecule has 8 heteroatoms. The van der Waals surface area contributed by atoms with Crippen LogP contribution in [0.1, 0.15) is 83.8 Å². The molecule has 0 radical (unpaired) electrons. The SMILES string of the molecule is CCCCCN(CCC)CC1NC(=O)CNC(CC)CN[C@@H](C)CCc2c(F)cccc2CCCNC1=O. The van der Waals surface area contributed by atoms with E-state index in [0.717, 1.165) is 69.3 Å². The first-order chi connectivity index (χ1) is 18.4. The monoisotopic (exact) mass is 533 g/mol. The van der Waals surface area contributed by atoms with Gasteiger partial charge in [0.25, 0.3) is 0 Å². The van der Waals surface area contributed by atoms with Gasteiger partial charge in [0.1, 0.15) is 11.9 Å². The quantitative estimate of drug-likeness (QED) is 0.365. The number of amides is 2. The normalized spacial score (nSPS) is 22.7. The first kappa shape index (κ1) is 32.2. The third-order valence-corrected chi connectivity index (χ3v) is 7.43. The fourth-order valence-electron chi connectivity index (χ4n) is 5.03. The molecule has 2 unspecified atom stereocenters. The predicted octanol–water partition coefficient (Wildman–Crippen LogP) is 3.55. The minimum absolute atomic E-state index is 0.129. The summed E-state index contributed by atoms with van der Waals surface area (Å²) in [6.45, 7) is 12.2. The van der Waals surface area contributed by atoms with Crippen LogP contribution in [0.3, 0.4) is 0 Å². The molecule has 4 N–H and O–H groups in total. The van der Waals surface area contributed by atoms with Gasteiger partial charge in [-0.25, -0.2) is 4.39 Å². The average Bonchev–Trinajstić information content (AvgIpc) is 2.89. The number of hydrogen-bond acceptors (Lipinski definition) is 5. The zero-order valence-electron chi connectivity index (χ0n) is 24.2. The maximum atomic E-state index is 14.7. The Bertz CT molecular complexity index is 837. The molecule has 0 fully saturated rings. The van der Waals surface area contributed by atoms with Gasteiger partial charge < -0.3 is 26.2 Å². The van der Waals surface area contributed by atoms with Crippen LogP contribution in [-0.4, -0.2) is 74.1 Å². The molecule has 2 amide bonds. The molecule has 0 aromatic heterocycles. The molecule has 0 spiro atoms. The number of aryl methyl sites for hydroxylation is 1. The van der Waals surface area contributed by atoms with E-state index in [2.05, 4.69) is 53.9 Å². The summed E-state index contributed by atoms with van der Waals surface area (Å²) >= 11 is 0. The summed E-state index contributed by atoms with van der Waals surface area (Å²) in [5.74, 6) is -0.465. The van der Waals surface area contributed by atoms with Crippen molar-refractivity contribution in [3.63, 3.8) is 0 Å². The number of nitrogens with zero attached hydrogens (tertiary/aromatic N) is 1. The molecule has 2 rings (SSSR count). The maximum Gasteiger partial charge on any atom is 0.243 e. The molecule has 1 aliphatic heterocycles. The Balaban J connectivity index is 2.17. The molecule has 0 saturated carbocycles. The first-order valence-corrected chi connectivity index (χ1v) is 14.9. The molecule has 1 aromatic rings. The number of carbonyl (C=O) groups excluding carboxylic acids is 2. The summed E-state index contributed by atoms with van der Waals surface area (Å²) in [4.78, 5) is 28.4. The summed E-state index contributed by atoms with van der Waals surface area (Å²) < 4.78 is 14.7. The zero-order valence-corrected chi connectivity index (χ0v) is 24.2. The number of rotatable bonds is 9. The standard InChI is InChI=1S/C30H52FN5O2/c1-5-8-9-19-36(18-6-2)22-28-30(38)32-17-11-13-24-12-10-14-27(31)26(24)16-15-23(4)33-20-25(7-3)34-21-29(37)35-28/h10,12,14,23,25,28,33-34H,5-9,11,13,15-22H2,1-4H3,(H,32,38)(H,35,37)/t23-,25?,28?/m0/s1. The summed E-state index contributed by atoms with van der Waals surface area (Å²) in [6.07, 6.45) is 8.16. The molecule has 216 valence electrons. The van der Waals surface area contributed by atoms with E-state index >= 15 is 0 Å². The molecule has 7 nitrogen and oxygen atoms in total. The van der Waals surface area contributed by atoms with Crippen molar-refractivity contribution in [2.75, 3.05) is 39.3 Å². The number of fused-ring (bicyclic) bond motifs is 1. The van der Waals surface area contributed by atoms with Crippen LogP contribution in [0.2, 0.25) is 0 Å². The Morgan fingerprint density at radius 3 is 2.58 bits per heavy atom. The minimum atomic E-state index is -0.612. The highest BCUT2D eigenvalue weighted by Gasteiger charge is 2.24. The number of nitrogens with one attached hydrogen (secondary N) is 4. The Morgan fingerprint density at radius 2 is 1.84 bits per heavy atom. The zero-order chi connectivity index (χ0) is 27.8. The predicted molar refractivity (Wildman–Crippen MR) is 154 cm³/mol. The van der Waals surface area contributed by atoms with Gasteiger partial charge in [-0.2, -0.15) is 0 Å². The van der Waals surface area contributed by atoms with Gasteiger partial charge in [-0.15, -0.1) is 0 Å². The van der Waals surface area contributed by atoms with Crippen LogP contribution in [0.4, 0.5) is 4.39 Å². The fraction of sp³-hybridized carbons (Fsp3) is 0.733. The van der Waals surface area contributed by atoms with Gasteiger partial charge in [-0.1, -0.05) is 45.7 Å². The summed E-state index contributed by atoms with van der Waals surface area (Å²) in [5, 5.41) is 12.9. The van der Waals surface area contributed by atoms with Gasteiger partial charge in [-0.3, -0.25) is 9.59 Å². The van der Waals surface area contributed by atoms with Gasteiger partial charge in [0.2, 0.25) is 11.8 Å². The topological polar surface area (TPSA) is 85.5 Å². The fourth-order valence-corrected chi connectivity index (χ4v) is 5.03. The second kappa shape index (κ2) is 18.3. The lowest BCUT2D eigenvalue weighted by Crippen LogP contribution is -2.55.